The Hall–Kier alpha value is 0.100. The van der Waals surface area contributed by atoms with E-state index in [-0.39, 0.29) is 0 Å². The van der Waals surface area contributed by atoms with Gasteiger partial charge in [0.1, 0.15) is 0 Å². The molecule has 0 spiro atoms. The number of benzene rings is 1. The number of hydrogen-bond acceptors (Lipinski definition) is 2. The molecule has 0 aromatic heterocycles. The standard InChI is InChI=1S/C7H8INS/c1-4-2-5(8)7(9)6(10)3-4/h2-3,10H,9H2,1H3. The molecule has 10 heavy (non-hydrogen) atoms. The molecule has 0 aliphatic heterocycles. The lowest BCUT2D eigenvalue weighted by Gasteiger charge is -2.02. The fraction of sp³-hybridized carbons (Fsp3) is 0.143. The maximum absolute atomic E-state index is 5.67. The molecule has 0 fully saturated rings. The van der Waals surface area contributed by atoms with Crippen LogP contribution in [0.15, 0.2) is 17.0 Å². The Labute approximate surface area is 79.6 Å². The van der Waals surface area contributed by atoms with Crippen molar-refractivity contribution in [3.63, 3.8) is 0 Å². The van der Waals surface area contributed by atoms with E-state index >= 15 is 0 Å². The highest BCUT2D eigenvalue weighted by atomic mass is 127. The number of nitrogens with two attached hydrogens (primary N) is 1. The first-order valence-corrected chi connectivity index (χ1v) is 4.38. The van der Waals surface area contributed by atoms with E-state index in [4.69, 9.17) is 5.73 Å². The first-order valence-electron chi connectivity index (χ1n) is 2.86. The Morgan fingerprint density at radius 1 is 1.50 bits per heavy atom. The lowest BCUT2D eigenvalue weighted by atomic mass is 10.2. The lowest BCUT2D eigenvalue weighted by Crippen LogP contribution is -1.91. The maximum atomic E-state index is 5.67. The van der Waals surface area contributed by atoms with Crippen LogP contribution in [-0.4, -0.2) is 0 Å². The second-order valence-electron chi connectivity index (χ2n) is 2.18. The second kappa shape index (κ2) is 3.00. The van der Waals surface area contributed by atoms with Crippen molar-refractivity contribution in [3.8, 4) is 0 Å². The number of nitrogen functional groups attached to an aromatic ring is 1. The molecule has 0 bridgehead atoms. The van der Waals surface area contributed by atoms with E-state index in [1.54, 1.807) is 0 Å². The van der Waals surface area contributed by atoms with Gasteiger partial charge in [0, 0.05) is 8.47 Å². The van der Waals surface area contributed by atoms with E-state index < -0.39 is 0 Å². The Morgan fingerprint density at radius 3 is 2.60 bits per heavy atom. The molecule has 54 valence electrons. The molecule has 0 atom stereocenters. The Kier molecular flexibility index (Phi) is 2.46. The predicted molar refractivity (Wildman–Crippen MR) is 55.6 cm³/mol. The molecule has 0 saturated carbocycles. The molecule has 3 heteroatoms. The van der Waals surface area contributed by atoms with Crippen molar-refractivity contribution in [1.82, 2.24) is 0 Å². The zero-order valence-corrected chi connectivity index (χ0v) is 8.61. The van der Waals surface area contributed by atoms with Crippen molar-refractivity contribution in [3.05, 3.63) is 21.3 Å². The number of hydrogen-bond donors (Lipinski definition) is 2. The minimum Gasteiger partial charge on any atom is -0.397 e. The molecule has 1 aromatic rings. The largest absolute Gasteiger partial charge is 0.397 e. The molecule has 0 radical (unpaired) electrons. The molecular formula is C7H8INS. The molecule has 1 aromatic carbocycles. The lowest BCUT2D eigenvalue weighted by molar-refractivity contribution is 1.35. The molecule has 0 aliphatic rings. The van der Waals surface area contributed by atoms with Crippen LogP contribution in [0, 0.1) is 10.5 Å². The van der Waals surface area contributed by atoms with Crippen LogP contribution in [0.25, 0.3) is 0 Å². The summed E-state index contributed by atoms with van der Waals surface area (Å²) in [7, 11) is 0. The summed E-state index contributed by atoms with van der Waals surface area (Å²) in [5.74, 6) is 0. The van der Waals surface area contributed by atoms with Crippen LogP contribution in [0.3, 0.4) is 0 Å². The summed E-state index contributed by atoms with van der Waals surface area (Å²) in [6.07, 6.45) is 0. The number of halogens is 1. The van der Waals surface area contributed by atoms with Crippen molar-refractivity contribution in [2.24, 2.45) is 0 Å². The van der Waals surface area contributed by atoms with E-state index in [2.05, 4.69) is 35.2 Å². The van der Waals surface area contributed by atoms with Crippen molar-refractivity contribution < 1.29 is 0 Å². The van der Waals surface area contributed by atoms with Gasteiger partial charge in [-0.25, -0.2) is 0 Å². The normalized spacial score (nSPS) is 9.90. The monoisotopic (exact) mass is 265 g/mol. The van der Waals surface area contributed by atoms with Crippen molar-refractivity contribution in [2.75, 3.05) is 5.73 Å². The van der Waals surface area contributed by atoms with Crippen LogP contribution in [0.5, 0.6) is 0 Å². The van der Waals surface area contributed by atoms with Gasteiger partial charge in [-0.15, -0.1) is 12.6 Å². The van der Waals surface area contributed by atoms with Crippen molar-refractivity contribution in [2.45, 2.75) is 11.8 Å². The highest BCUT2D eigenvalue weighted by Gasteiger charge is 1.99. The van der Waals surface area contributed by atoms with Gasteiger partial charge in [-0.3, -0.25) is 0 Å². The summed E-state index contributed by atoms with van der Waals surface area (Å²) in [6, 6.07) is 4.00. The molecule has 0 amide bonds. The molecule has 0 aliphatic carbocycles. The first kappa shape index (κ1) is 8.20. The van der Waals surface area contributed by atoms with Crippen molar-refractivity contribution >= 4 is 40.9 Å². The zero-order valence-electron chi connectivity index (χ0n) is 5.56. The van der Waals surface area contributed by atoms with Gasteiger partial charge in [-0.05, 0) is 47.2 Å². The topological polar surface area (TPSA) is 26.0 Å². The van der Waals surface area contributed by atoms with Gasteiger partial charge in [0.2, 0.25) is 0 Å². The minimum atomic E-state index is 0.773. The number of aryl methyl sites for hydroxylation is 1. The molecule has 0 saturated heterocycles. The Balaban J connectivity index is 3.31. The summed E-state index contributed by atoms with van der Waals surface area (Å²) in [5.41, 5.74) is 7.64. The van der Waals surface area contributed by atoms with Gasteiger partial charge >= 0.3 is 0 Å². The quantitative estimate of drug-likeness (QED) is 0.420. The van der Waals surface area contributed by atoms with Crippen molar-refractivity contribution in [1.29, 1.82) is 0 Å². The van der Waals surface area contributed by atoms with E-state index in [1.807, 2.05) is 19.1 Å². The SMILES string of the molecule is Cc1cc(S)c(N)c(I)c1. The third-order valence-corrected chi connectivity index (χ3v) is 2.51. The zero-order chi connectivity index (χ0) is 7.72. The van der Waals surface area contributed by atoms with Gasteiger partial charge in [-0.1, -0.05) is 0 Å². The third kappa shape index (κ3) is 1.58. The summed E-state index contributed by atoms with van der Waals surface area (Å²) < 4.78 is 1.07. The summed E-state index contributed by atoms with van der Waals surface area (Å²) in [4.78, 5) is 0.865. The Bertz CT molecular complexity index is 237. The third-order valence-electron chi connectivity index (χ3n) is 1.25. The average molecular weight is 265 g/mol. The van der Waals surface area contributed by atoms with Crippen LogP contribution < -0.4 is 5.73 Å². The average Bonchev–Trinajstić information content (AvgIpc) is 1.82. The van der Waals surface area contributed by atoms with E-state index in [1.165, 1.54) is 5.56 Å². The van der Waals surface area contributed by atoms with Gasteiger partial charge in [0.25, 0.3) is 0 Å². The smallest absolute Gasteiger partial charge is 0.0585 e. The van der Waals surface area contributed by atoms with Gasteiger partial charge in [0.05, 0.1) is 5.69 Å². The highest BCUT2D eigenvalue weighted by molar-refractivity contribution is 14.1. The van der Waals surface area contributed by atoms with E-state index in [9.17, 15) is 0 Å². The predicted octanol–water partition coefficient (Wildman–Crippen LogP) is 2.47. The summed E-state index contributed by atoms with van der Waals surface area (Å²) >= 11 is 6.41. The van der Waals surface area contributed by atoms with Crippen LogP contribution in [0.4, 0.5) is 5.69 Å². The van der Waals surface area contributed by atoms with Crippen LogP contribution in [-0.2, 0) is 0 Å². The fourth-order valence-corrected chi connectivity index (χ4v) is 2.05. The summed E-state index contributed by atoms with van der Waals surface area (Å²) in [5, 5.41) is 0. The first-order chi connectivity index (χ1) is 4.61. The Morgan fingerprint density at radius 2 is 2.10 bits per heavy atom. The number of anilines is 1. The molecule has 0 heterocycles. The highest BCUT2D eigenvalue weighted by Crippen LogP contribution is 2.24. The summed E-state index contributed by atoms with van der Waals surface area (Å²) in [6.45, 7) is 2.03. The van der Waals surface area contributed by atoms with Gasteiger partial charge < -0.3 is 5.73 Å². The van der Waals surface area contributed by atoms with Crippen LogP contribution >= 0.6 is 35.2 Å². The van der Waals surface area contributed by atoms with Gasteiger partial charge in [-0.2, -0.15) is 0 Å². The molecule has 0 unspecified atom stereocenters. The van der Waals surface area contributed by atoms with E-state index in [0.29, 0.717) is 0 Å². The minimum absolute atomic E-state index is 0.773. The van der Waals surface area contributed by atoms with Crippen LogP contribution in [0.1, 0.15) is 5.56 Å². The molecular weight excluding hydrogens is 257 g/mol. The number of thiol groups is 1. The van der Waals surface area contributed by atoms with E-state index in [0.717, 1.165) is 14.2 Å². The fourth-order valence-electron chi connectivity index (χ4n) is 0.735. The molecule has 2 N–H and O–H groups in total. The van der Waals surface area contributed by atoms with Crippen LogP contribution in [0.2, 0.25) is 0 Å². The molecule has 1 rings (SSSR count). The maximum Gasteiger partial charge on any atom is 0.0585 e. The molecule has 1 nitrogen and oxygen atoms in total. The number of rotatable bonds is 0. The second-order valence-corrected chi connectivity index (χ2v) is 3.82. The van der Waals surface area contributed by atoms with Gasteiger partial charge in [0.15, 0.2) is 0 Å².